The molecule has 1 fully saturated rings. The number of hydrogen-bond donors (Lipinski definition) is 1. The van der Waals surface area contributed by atoms with Gasteiger partial charge in [-0.05, 0) is 30.9 Å². The zero-order valence-corrected chi connectivity index (χ0v) is 10.0. The van der Waals surface area contributed by atoms with Crippen molar-refractivity contribution < 1.29 is 4.52 Å². The SMILES string of the molecule is Cc1cc(N)sc1-c1nc(C2CC2C)no1. The van der Waals surface area contributed by atoms with Gasteiger partial charge in [0, 0.05) is 5.92 Å². The molecule has 0 radical (unpaired) electrons. The van der Waals surface area contributed by atoms with E-state index in [1.54, 1.807) is 0 Å². The second-order valence-corrected chi connectivity index (χ2v) is 5.52. The average Bonchev–Trinajstić information content (AvgIpc) is 2.67. The lowest BCUT2D eigenvalue weighted by atomic mass is 10.3. The third kappa shape index (κ3) is 1.51. The van der Waals surface area contributed by atoms with Crippen molar-refractivity contribution >= 4 is 16.3 Å². The summed E-state index contributed by atoms with van der Waals surface area (Å²) in [5, 5.41) is 4.82. The van der Waals surface area contributed by atoms with Crippen LogP contribution in [0.1, 0.15) is 30.7 Å². The third-order valence-electron chi connectivity index (χ3n) is 3.01. The zero-order chi connectivity index (χ0) is 11.3. The molecule has 2 aromatic heterocycles. The summed E-state index contributed by atoms with van der Waals surface area (Å²) >= 11 is 1.50. The summed E-state index contributed by atoms with van der Waals surface area (Å²) in [5.74, 6) is 2.64. The van der Waals surface area contributed by atoms with E-state index in [1.165, 1.54) is 17.8 Å². The molecule has 5 heteroatoms. The summed E-state index contributed by atoms with van der Waals surface area (Å²) < 4.78 is 5.29. The Bertz CT molecular complexity index is 531. The molecule has 0 amide bonds. The van der Waals surface area contributed by atoms with Gasteiger partial charge in [-0.3, -0.25) is 0 Å². The van der Waals surface area contributed by atoms with Crippen LogP contribution >= 0.6 is 11.3 Å². The van der Waals surface area contributed by atoms with Crippen LogP contribution in [0.5, 0.6) is 0 Å². The number of thiophene rings is 1. The molecule has 2 heterocycles. The molecule has 1 aliphatic rings. The second kappa shape index (κ2) is 3.31. The molecule has 0 spiro atoms. The molecule has 16 heavy (non-hydrogen) atoms. The summed E-state index contributed by atoms with van der Waals surface area (Å²) in [6.45, 7) is 4.21. The number of nitrogen functional groups attached to an aromatic ring is 1. The number of aryl methyl sites for hydroxylation is 1. The van der Waals surface area contributed by atoms with E-state index in [0.29, 0.717) is 17.7 Å². The minimum absolute atomic E-state index is 0.495. The number of rotatable bonds is 2. The Morgan fingerprint density at radius 1 is 1.56 bits per heavy atom. The highest BCUT2D eigenvalue weighted by Gasteiger charge is 2.38. The van der Waals surface area contributed by atoms with Crippen LogP contribution in [0.15, 0.2) is 10.6 Å². The van der Waals surface area contributed by atoms with Crippen molar-refractivity contribution in [1.82, 2.24) is 10.1 Å². The molecule has 1 aliphatic carbocycles. The van der Waals surface area contributed by atoms with Gasteiger partial charge in [-0.25, -0.2) is 0 Å². The Morgan fingerprint density at radius 2 is 2.31 bits per heavy atom. The van der Waals surface area contributed by atoms with Gasteiger partial charge in [0.25, 0.3) is 5.89 Å². The Balaban J connectivity index is 1.95. The average molecular weight is 235 g/mol. The predicted molar refractivity (Wildman–Crippen MR) is 63.3 cm³/mol. The Morgan fingerprint density at radius 3 is 2.88 bits per heavy atom. The van der Waals surface area contributed by atoms with E-state index in [-0.39, 0.29) is 0 Å². The first-order chi connectivity index (χ1) is 7.65. The van der Waals surface area contributed by atoms with Gasteiger partial charge in [0.1, 0.15) is 0 Å². The maximum absolute atomic E-state index is 5.75. The van der Waals surface area contributed by atoms with E-state index in [4.69, 9.17) is 10.3 Å². The smallest absolute Gasteiger partial charge is 0.268 e. The number of aromatic nitrogens is 2. The van der Waals surface area contributed by atoms with E-state index in [2.05, 4.69) is 17.1 Å². The first-order valence-electron chi connectivity index (χ1n) is 5.35. The number of nitrogens with zero attached hydrogens (tertiary/aromatic N) is 2. The summed E-state index contributed by atoms with van der Waals surface area (Å²) in [6, 6.07) is 1.93. The Hall–Kier alpha value is -1.36. The molecule has 4 nitrogen and oxygen atoms in total. The van der Waals surface area contributed by atoms with Crippen molar-refractivity contribution in [3.05, 3.63) is 17.5 Å². The molecule has 1 saturated carbocycles. The molecule has 0 aliphatic heterocycles. The molecule has 3 rings (SSSR count). The van der Waals surface area contributed by atoms with E-state index >= 15 is 0 Å². The van der Waals surface area contributed by atoms with Gasteiger partial charge in [-0.2, -0.15) is 4.98 Å². The van der Waals surface area contributed by atoms with Crippen LogP contribution in [0.2, 0.25) is 0 Å². The van der Waals surface area contributed by atoms with Gasteiger partial charge < -0.3 is 10.3 Å². The second-order valence-electron chi connectivity index (χ2n) is 4.44. The van der Waals surface area contributed by atoms with Crippen molar-refractivity contribution in [1.29, 1.82) is 0 Å². The lowest BCUT2D eigenvalue weighted by Crippen LogP contribution is -1.84. The van der Waals surface area contributed by atoms with Crippen LogP contribution in [0, 0.1) is 12.8 Å². The highest BCUT2D eigenvalue weighted by molar-refractivity contribution is 7.19. The van der Waals surface area contributed by atoms with Crippen LogP contribution in [0.4, 0.5) is 5.00 Å². The van der Waals surface area contributed by atoms with E-state index < -0.39 is 0 Å². The molecule has 84 valence electrons. The molecular formula is C11H13N3OS. The first kappa shape index (κ1) is 9.84. The molecule has 0 aromatic carbocycles. The van der Waals surface area contributed by atoms with E-state index in [1.807, 2.05) is 13.0 Å². The van der Waals surface area contributed by atoms with E-state index in [0.717, 1.165) is 21.3 Å². The van der Waals surface area contributed by atoms with Gasteiger partial charge in [0.15, 0.2) is 5.82 Å². The molecule has 2 atom stereocenters. The van der Waals surface area contributed by atoms with Crippen LogP contribution in [0.25, 0.3) is 10.8 Å². The Kier molecular flexibility index (Phi) is 2.04. The van der Waals surface area contributed by atoms with E-state index in [9.17, 15) is 0 Å². The van der Waals surface area contributed by atoms with Gasteiger partial charge in [0.2, 0.25) is 0 Å². The molecule has 0 saturated heterocycles. The number of anilines is 1. The lowest BCUT2D eigenvalue weighted by Gasteiger charge is -1.88. The minimum atomic E-state index is 0.495. The van der Waals surface area contributed by atoms with Crippen LogP contribution < -0.4 is 5.73 Å². The summed E-state index contributed by atoms with van der Waals surface area (Å²) in [7, 11) is 0. The fraction of sp³-hybridized carbons (Fsp3) is 0.455. The van der Waals surface area contributed by atoms with Crippen LogP contribution in [0.3, 0.4) is 0 Å². The fourth-order valence-electron chi connectivity index (χ4n) is 1.88. The minimum Gasteiger partial charge on any atom is -0.391 e. The molecule has 0 bridgehead atoms. The normalized spacial score (nSPS) is 23.6. The van der Waals surface area contributed by atoms with Crippen molar-refractivity contribution in [3.8, 4) is 10.8 Å². The highest BCUT2D eigenvalue weighted by atomic mass is 32.1. The summed E-state index contributed by atoms with van der Waals surface area (Å²) in [5.41, 5.74) is 6.85. The maximum atomic E-state index is 5.75. The molecular weight excluding hydrogens is 222 g/mol. The first-order valence-corrected chi connectivity index (χ1v) is 6.16. The maximum Gasteiger partial charge on any atom is 0.268 e. The Labute approximate surface area is 97.5 Å². The highest BCUT2D eigenvalue weighted by Crippen LogP contribution is 2.46. The third-order valence-corrected chi connectivity index (χ3v) is 4.07. The zero-order valence-electron chi connectivity index (χ0n) is 9.23. The van der Waals surface area contributed by atoms with Gasteiger partial charge >= 0.3 is 0 Å². The largest absolute Gasteiger partial charge is 0.391 e. The van der Waals surface area contributed by atoms with Crippen LogP contribution in [-0.2, 0) is 0 Å². The number of hydrogen-bond acceptors (Lipinski definition) is 5. The summed E-state index contributed by atoms with van der Waals surface area (Å²) in [4.78, 5) is 5.43. The fourth-order valence-corrected chi connectivity index (χ4v) is 2.74. The van der Waals surface area contributed by atoms with Crippen molar-refractivity contribution in [2.24, 2.45) is 5.92 Å². The molecule has 2 unspecified atom stereocenters. The van der Waals surface area contributed by atoms with Crippen molar-refractivity contribution in [2.75, 3.05) is 5.73 Å². The van der Waals surface area contributed by atoms with Crippen LogP contribution in [-0.4, -0.2) is 10.1 Å². The quantitative estimate of drug-likeness (QED) is 0.869. The topological polar surface area (TPSA) is 64.9 Å². The van der Waals surface area contributed by atoms with Gasteiger partial charge in [0.05, 0.1) is 9.88 Å². The molecule has 2 N–H and O–H groups in total. The number of nitrogens with two attached hydrogens (primary N) is 1. The van der Waals surface area contributed by atoms with Crippen molar-refractivity contribution in [3.63, 3.8) is 0 Å². The van der Waals surface area contributed by atoms with Gasteiger partial charge in [-0.15, -0.1) is 11.3 Å². The predicted octanol–water partition coefficient (Wildman–Crippen LogP) is 2.81. The van der Waals surface area contributed by atoms with Gasteiger partial charge in [-0.1, -0.05) is 12.1 Å². The molecule has 2 aromatic rings. The summed E-state index contributed by atoms with van der Waals surface area (Å²) in [6.07, 6.45) is 1.17. The lowest BCUT2D eigenvalue weighted by molar-refractivity contribution is 0.422. The van der Waals surface area contributed by atoms with Crippen molar-refractivity contribution in [2.45, 2.75) is 26.2 Å². The standard InChI is InChI=1S/C11H13N3OS/c1-5-3-7(5)10-13-11(15-14-10)9-6(2)4-8(12)16-9/h4-5,7H,3,12H2,1-2H3. The monoisotopic (exact) mass is 235 g/mol.